The highest BCUT2D eigenvalue weighted by Crippen LogP contribution is 2.16. The molecule has 0 amide bonds. The molecule has 4 nitrogen and oxygen atoms in total. The van der Waals surface area contributed by atoms with Gasteiger partial charge in [0.05, 0.1) is 6.54 Å². The minimum Gasteiger partial charge on any atom is -0.480 e. The second-order valence-corrected chi connectivity index (χ2v) is 5.05. The van der Waals surface area contributed by atoms with Crippen molar-refractivity contribution in [3.05, 3.63) is 0 Å². The van der Waals surface area contributed by atoms with E-state index in [1.54, 1.807) is 0 Å². The van der Waals surface area contributed by atoms with E-state index >= 15 is 0 Å². The van der Waals surface area contributed by atoms with Crippen molar-refractivity contribution in [1.82, 2.24) is 9.80 Å². The molecule has 0 radical (unpaired) electrons. The summed E-state index contributed by atoms with van der Waals surface area (Å²) in [5.74, 6) is -0.729. The Morgan fingerprint density at radius 1 is 1.50 bits per heavy atom. The quantitative estimate of drug-likeness (QED) is 0.769. The molecular formula is C12H24N2O2. The molecule has 0 unspecified atom stereocenters. The summed E-state index contributed by atoms with van der Waals surface area (Å²) in [5.41, 5.74) is 0. The van der Waals surface area contributed by atoms with E-state index in [0.717, 1.165) is 13.1 Å². The predicted octanol–water partition coefficient (Wildman–Crippen LogP) is 1.27. The smallest absolute Gasteiger partial charge is 0.317 e. The summed E-state index contributed by atoms with van der Waals surface area (Å²) in [6, 6.07) is 0.821. The highest BCUT2D eigenvalue weighted by atomic mass is 16.4. The summed E-state index contributed by atoms with van der Waals surface area (Å²) in [4.78, 5) is 15.2. The average Bonchev–Trinajstić information content (AvgIpc) is 2.19. The van der Waals surface area contributed by atoms with Crippen molar-refractivity contribution in [3.63, 3.8) is 0 Å². The third kappa shape index (κ3) is 4.10. The van der Waals surface area contributed by atoms with Gasteiger partial charge in [0.1, 0.15) is 0 Å². The van der Waals surface area contributed by atoms with Crippen molar-refractivity contribution in [2.75, 3.05) is 26.7 Å². The van der Waals surface area contributed by atoms with E-state index in [4.69, 9.17) is 5.11 Å². The Bertz CT molecular complexity index is 231. The van der Waals surface area contributed by atoms with E-state index < -0.39 is 5.97 Å². The van der Waals surface area contributed by atoms with Crippen LogP contribution in [0.2, 0.25) is 0 Å². The average molecular weight is 228 g/mol. The largest absolute Gasteiger partial charge is 0.480 e. The van der Waals surface area contributed by atoms with Crippen LogP contribution in [0.15, 0.2) is 0 Å². The molecule has 0 aromatic rings. The van der Waals surface area contributed by atoms with Gasteiger partial charge in [-0.25, -0.2) is 0 Å². The third-order valence-electron chi connectivity index (χ3n) is 3.44. The summed E-state index contributed by atoms with van der Waals surface area (Å²) in [7, 11) is 2.14. The minimum atomic E-state index is -0.729. The fourth-order valence-corrected chi connectivity index (χ4v) is 2.28. The zero-order valence-electron chi connectivity index (χ0n) is 10.6. The van der Waals surface area contributed by atoms with Crippen molar-refractivity contribution in [2.45, 2.75) is 45.2 Å². The second kappa shape index (κ2) is 6.21. The van der Waals surface area contributed by atoms with Gasteiger partial charge in [0, 0.05) is 18.6 Å². The molecule has 0 aromatic carbocycles. The van der Waals surface area contributed by atoms with Crippen molar-refractivity contribution in [1.29, 1.82) is 0 Å². The number of piperidine rings is 1. The molecule has 0 aromatic heterocycles. The number of hydrogen-bond acceptors (Lipinski definition) is 3. The minimum absolute atomic E-state index is 0.155. The number of likely N-dealkylation sites (N-methyl/N-ethyl adjacent to an activating group) is 1. The van der Waals surface area contributed by atoms with Crippen molar-refractivity contribution < 1.29 is 9.90 Å². The molecular weight excluding hydrogens is 204 g/mol. The summed E-state index contributed by atoms with van der Waals surface area (Å²) < 4.78 is 0. The third-order valence-corrected chi connectivity index (χ3v) is 3.44. The predicted molar refractivity (Wildman–Crippen MR) is 64.6 cm³/mol. The van der Waals surface area contributed by atoms with Crippen LogP contribution in [0.1, 0.15) is 33.1 Å². The fraction of sp³-hybridized carbons (Fsp3) is 0.917. The van der Waals surface area contributed by atoms with E-state index in [1.165, 1.54) is 19.3 Å². The van der Waals surface area contributed by atoms with Gasteiger partial charge in [0.2, 0.25) is 0 Å². The highest BCUT2D eigenvalue weighted by molar-refractivity contribution is 5.69. The first kappa shape index (κ1) is 13.5. The number of carbonyl (C=O) groups is 1. The lowest BCUT2D eigenvalue weighted by atomic mass is 10.0. The summed E-state index contributed by atoms with van der Waals surface area (Å²) >= 11 is 0. The van der Waals surface area contributed by atoms with Crippen molar-refractivity contribution >= 4 is 5.97 Å². The Morgan fingerprint density at radius 2 is 2.19 bits per heavy atom. The number of carboxylic acid groups (broad SMARTS) is 1. The van der Waals surface area contributed by atoms with Crippen LogP contribution >= 0.6 is 0 Å². The van der Waals surface area contributed by atoms with Crippen LogP contribution in [0.25, 0.3) is 0 Å². The topological polar surface area (TPSA) is 43.8 Å². The van der Waals surface area contributed by atoms with E-state index in [0.29, 0.717) is 12.1 Å². The first-order chi connectivity index (χ1) is 7.50. The van der Waals surface area contributed by atoms with Crippen LogP contribution in [0.4, 0.5) is 0 Å². The lowest BCUT2D eigenvalue weighted by Gasteiger charge is -2.37. The Kier molecular flexibility index (Phi) is 5.22. The highest BCUT2D eigenvalue weighted by Gasteiger charge is 2.23. The van der Waals surface area contributed by atoms with Gasteiger partial charge in [0.15, 0.2) is 0 Å². The molecule has 1 aliphatic heterocycles. The van der Waals surface area contributed by atoms with Crippen molar-refractivity contribution in [2.24, 2.45) is 0 Å². The van der Waals surface area contributed by atoms with Gasteiger partial charge >= 0.3 is 5.97 Å². The molecule has 94 valence electrons. The summed E-state index contributed by atoms with van der Waals surface area (Å²) in [6.07, 6.45) is 3.74. The molecule has 1 heterocycles. The zero-order valence-corrected chi connectivity index (χ0v) is 10.6. The lowest BCUT2D eigenvalue weighted by molar-refractivity contribution is -0.139. The normalized spacial score (nSPS) is 22.9. The maximum Gasteiger partial charge on any atom is 0.317 e. The van der Waals surface area contributed by atoms with Crippen LogP contribution in [0, 0.1) is 0 Å². The molecule has 1 fully saturated rings. The number of nitrogens with zero attached hydrogens (tertiary/aromatic N) is 2. The number of rotatable bonds is 5. The molecule has 0 saturated carbocycles. The molecule has 16 heavy (non-hydrogen) atoms. The van der Waals surface area contributed by atoms with E-state index in [1.807, 2.05) is 0 Å². The Labute approximate surface area is 98.2 Å². The molecule has 1 aliphatic rings. The Hall–Kier alpha value is -0.610. The molecule has 1 rings (SSSR count). The summed E-state index contributed by atoms with van der Waals surface area (Å²) in [6.45, 7) is 6.30. The van der Waals surface area contributed by atoms with Gasteiger partial charge < -0.3 is 10.0 Å². The maximum absolute atomic E-state index is 10.8. The first-order valence-corrected chi connectivity index (χ1v) is 6.16. The Morgan fingerprint density at radius 3 is 2.69 bits per heavy atom. The van der Waals surface area contributed by atoms with Gasteiger partial charge in [-0.2, -0.15) is 0 Å². The molecule has 1 N–H and O–H groups in total. The summed E-state index contributed by atoms with van der Waals surface area (Å²) in [5, 5.41) is 8.87. The van der Waals surface area contributed by atoms with Gasteiger partial charge in [0.25, 0.3) is 0 Å². The lowest BCUT2D eigenvalue weighted by Crippen LogP contribution is -2.48. The van der Waals surface area contributed by atoms with Gasteiger partial charge in [-0.05, 0) is 40.3 Å². The molecule has 4 heteroatoms. The maximum atomic E-state index is 10.8. The van der Waals surface area contributed by atoms with E-state index in [9.17, 15) is 4.79 Å². The fourth-order valence-electron chi connectivity index (χ4n) is 2.28. The van der Waals surface area contributed by atoms with E-state index in [-0.39, 0.29) is 6.54 Å². The number of carboxylic acids is 1. The number of aliphatic carboxylic acids is 1. The van der Waals surface area contributed by atoms with Crippen molar-refractivity contribution in [3.8, 4) is 0 Å². The van der Waals surface area contributed by atoms with Crippen LogP contribution in [0.3, 0.4) is 0 Å². The molecule has 0 spiro atoms. The molecule has 1 atom stereocenters. The standard InChI is InChI=1S/C12H24N2O2/c1-10(2)14(9-12(15)16)8-11-6-4-5-7-13(11)3/h10-11H,4-9H2,1-3H3,(H,15,16)/t11-/m0/s1. The number of likely N-dealkylation sites (tertiary alicyclic amines) is 1. The molecule has 0 bridgehead atoms. The number of hydrogen-bond donors (Lipinski definition) is 1. The molecule has 0 aliphatic carbocycles. The van der Waals surface area contributed by atoms with Crippen LogP contribution in [0.5, 0.6) is 0 Å². The monoisotopic (exact) mass is 228 g/mol. The second-order valence-electron chi connectivity index (χ2n) is 5.05. The first-order valence-electron chi connectivity index (χ1n) is 6.16. The van der Waals surface area contributed by atoms with Crippen LogP contribution < -0.4 is 0 Å². The van der Waals surface area contributed by atoms with Crippen LogP contribution in [-0.2, 0) is 4.79 Å². The van der Waals surface area contributed by atoms with Crippen LogP contribution in [-0.4, -0.2) is 59.6 Å². The van der Waals surface area contributed by atoms with E-state index in [2.05, 4.69) is 30.7 Å². The SMILES string of the molecule is CC(C)N(CC(=O)O)C[C@@H]1CCCCN1C. The van der Waals surface area contributed by atoms with Gasteiger partial charge in [-0.1, -0.05) is 6.42 Å². The van der Waals surface area contributed by atoms with Gasteiger partial charge in [-0.3, -0.25) is 9.69 Å². The molecule has 1 saturated heterocycles. The zero-order chi connectivity index (χ0) is 12.1. The Balaban J connectivity index is 2.49. The van der Waals surface area contributed by atoms with Gasteiger partial charge in [-0.15, -0.1) is 0 Å².